The highest BCUT2D eigenvalue weighted by atomic mass is 19.1. The summed E-state index contributed by atoms with van der Waals surface area (Å²) in [5.41, 5.74) is 1.71. The van der Waals surface area contributed by atoms with Crippen LogP contribution in [0.1, 0.15) is 36.1 Å². The van der Waals surface area contributed by atoms with Gasteiger partial charge in [0.1, 0.15) is 11.6 Å². The summed E-state index contributed by atoms with van der Waals surface area (Å²) in [6.07, 6.45) is 0.638. The van der Waals surface area contributed by atoms with Gasteiger partial charge in [0.2, 0.25) is 0 Å². The minimum atomic E-state index is -0.445. The lowest BCUT2D eigenvalue weighted by atomic mass is 10.0. The standard InChI is InChI=1S/C17H16F2N2/c1-3-16(13-6-4-5-7-14(13)18)21-17-9-12(10-20)8-15(19)11(17)2/h4-9,16,21H,3H2,1-2H3. The Bertz CT molecular complexity index is 690. The Kier molecular flexibility index (Phi) is 4.54. The summed E-state index contributed by atoms with van der Waals surface area (Å²) in [7, 11) is 0. The van der Waals surface area contributed by atoms with Crippen LogP contribution >= 0.6 is 0 Å². The smallest absolute Gasteiger partial charge is 0.129 e. The van der Waals surface area contributed by atoms with Gasteiger partial charge in [-0.2, -0.15) is 5.26 Å². The lowest BCUT2D eigenvalue weighted by molar-refractivity contribution is 0.586. The summed E-state index contributed by atoms with van der Waals surface area (Å²) >= 11 is 0. The molecular formula is C17H16F2N2. The molecule has 0 aliphatic carbocycles. The molecule has 0 fully saturated rings. The van der Waals surface area contributed by atoms with Gasteiger partial charge in [-0.15, -0.1) is 0 Å². The molecule has 0 heterocycles. The first kappa shape index (κ1) is 15.0. The molecule has 2 aromatic carbocycles. The number of rotatable bonds is 4. The lowest BCUT2D eigenvalue weighted by Gasteiger charge is -2.21. The Labute approximate surface area is 123 Å². The molecule has 2 aromatic rings. The lowest BCUT2D eigenvalue weighted by Crippen LogP contribution is -2.13. The van der Waals surface area contributed by atoms with E-state index in [2.05, 4.69) is 5.32 Å². The number of nitrogens with zero attached hydrogens (tertiary/aromatic N) is 1. The fourth-order valence-corrected chi connectivity index (χ4v) is 2.24. The molecule has 4 heteroatoms. The van der Waals surface area contributed by atoms with Crippen LogP contribution in [0.15, 0.2) is 36.4 Å². The van der Waals surface area contributed by atoms with E-state index in [0.717, 1.165) is 0 Å². The molecule has 0 bridgehead atoms. The van der Waals surface area contributed by atoms with Crippen molar-refractivity contribution in [2.45, 2.75) is 26.3 Å². The summed E-state index contributed by atoms with van der Waals surface area (Å²) in [4.78, 5) is 0. The molecule has 1 N–H and O–H groups in total. The molecule has 0 spiro atoms. The van der Waals surface area contributed by atoms with E-state index < -0.39 is 5.82 Å². The first-order chi connectivity index (χ1) is 10.1. The van der Waals surface area contributed by atoms with Crippen molar-refractivity contribution in [3.63, 3.8) is 0 Å². The molecule has 0 aromatic heterocycles. The fourth-order valence-electron chi connectivity index (χ4n) is 2.24. The molecule has 2 rings (SSSR count). The predicted octanol–water partition coefficient (Wildman–Crippen LogP) is 4.71. The Hall–Kier alpha value is -2.41. The number of hydrogen-bond donors (Lipinski definition) is 1. The Morgan fingerprint density at radius 3 is 2.52 bits per heavy atom. The van der Waals surface area contributed by atoms with Crippen LogP contribution in [0.5, 0.6) is 0 Å². The number of hydrogen-bond acceptors (Lipinski definition) is 2. The van der Waals surface area contributed by atoms with E-state index in [4.69, 9.17) is 5.26 Å². The van der Waals surface area contributed by atoms with E-state index >= 15 is 0 Å². The quantitative estimate of drug-likeness (QED) is 0.883. The maximum atomic E-state index is 13.9. The third-order valence-electron chi connectivity index (χ3n) is 3.49. The summed E-state index contributed by atoms with van der Waals surface area (Å²) < 4.78 is 27.7. The number of anilines is 1. The molecular weight excluding hydrogens is 270 g/mol. The molecule has 1 unspecified atom stereocenters. The van der Waals surface area contributed by atoms with Crippen molar-refractivity contribution in [2.24, 2.45) is 0 Å². The van der Waals surface area contributed by atoms with Gasteiger partial charge in [-0.1, -0.05) is 25.1 Å². The molecule has 108 valence electrons. The van der Waals surface area contributed by atoms with Gasteiger partial charge in [0.05, 0.1) is 17.7 Å². The van der Waals surface area contributed by atoms with Crippen molar-refractivity contribution in [3.05, 3.63) is 64.7 Å². The van der Waals surface area contributed by atoms with Crippen LogP contribution in [0.4, 0.5) is 14.5 Å². The zero-order valence-electron chi connectivity index (χ0n) is 12.0. The Morgan fingerprint density at radius 1 is 1.19 bits per heavy atom. The largest absolute Gasteiger partial charge is 0.378 e. The second kappa shape index (κ2) is 6.36. The van der Waals surface area contributed by atoms with Crippen LogP contribution < -0.4 is 5.32 Å². The highest BCUT2D eigenvalue weighted by Crippen LogP contribution is 2.28. The number of benzene rings is 2. The van der Waals surface area contributed by atoms with Gasteiger partial charge in [0.25, 0.3) is 0 Å². The van der Waals surface area contributed by atoms with E-state index in [9.17, 15) is 8.78 Å². The van der Waals surface area contributed by atoms with Crippen molar-refractivity contribution in [3.8, 4) is 6.07 Å². The average Bonchev–Trinajstić information content (AvgIpc) is 2.49. The zero-order valence-corrected chi connectivity index (χ0v) is 12.0. The maximum absolute atomic E-state index is 13.9. The van der Waals surface area contributed by atoms with E-state index in [1.54, 1.807) is 31.2 Å². The average molecular weight is 286 g/mol. The number of nitrogens with one attached hydrogen (secondary N) is 1. The Morgan fingerprint density at radius 2 is 1.90 bits per heavy atom. The van der Waals surface area contributed by atoms with Gasteiger partial charge in [-0.05, 0) is 31.5 Å². The van der Waals surface area contributed by atoms with Crippen LogP contribution in [-0.4, -0.2) is 0 Å². The summed E-state index contributed by atoms with van der Waals surface area (Å²) in [6.45, 7) is 3.55. The van der Waals surface area contributed by atoms with Gasteiger partial charge >= 0.3 is 0 Å². The van der Waals surface area contributed by atoms with Gasteiger partial charge in [-0.3, -0.25) is 0 Å². The molecule has 0 aliphatic heterocycles. The minimum Gasteiger partial charge on any atom is -0.378 e. The van der Waals surface area contributed by atoms with Gasteiger partial charge in [0, 0.05) is 16.8 Å². The molecule has 0 amide bonds. The van der Waals surface area contributed by atoms with Crippen LogP contribution in [0.2, 0.25) is 0 Å². The van der Waals surface area contributed by atoms with Crippen LogP contribution in [-0.2, 0) is 0 Å². The normalized spacial score (nSPS) is 11.8. The minimum absolute atomic E-state index is 0.240. The first-order valence-corrected chi connectivity index (χ1v) is 6.78. The summed E-state index contributed by atoms with van der Waals surface area (Å²) in [6, 6.07) is 10.9. The van der Waals surface area contributed by atoms with E-state index in [0.29, 0.717) is 23.2 Å². The zero-order chi connectivity index (χ0) is 15.4. The Balaban J connectivity index is 2.38. The third-order valence-corrected chi connectivity index (χ3v) is 3.49. The topological polar surface area (TPSA) is 35.8 Å². The van der Waals surface area contributed by atoms with E-state index in [1.165, 1.54) is 12.1 Å². The van der Waals surface area contributed by atoms with Crippen LogP contribution in [0.3, 0.4) is 0 Å². The predicted molar refractivity (Wildman–Crippen MR) is 78.9 cm³/mol. The van der Waals surface area contributed by atoms with Crippen LogP contribution in [0.25, 0.3) is 0 Å². The molecule has 1 atom stereocenters. The summed E-state index contributed by atoms with van der Waals surface area (Å²) in [5.74, 6) is -0.744. The van der Waals surface area contributed by atoms with Crippen molar-refractivity contribution in [1.82, 2.24) is 0 Å². The third kappa shape index (κ3) is 3.19. The fraction of sp³-hybridized carbons (Fsp3) is 0.235. The monoisotopic (exact) mass is 286 g/mol. The van der Waals surface area contributed by atoms with E-state index in [1.807, 2.05) is 13.0 Å². The van der Waals surface area contributed by atoms with Crippen LogP contribution in [0, 0.1) is 29.9 Å². The first-order valence-electron chi connectivity index (χ1n) is 6.78. The van der Waals surface area contributed by atoms with Crippen molar-refractivity contribution < 1.29 is 8.78 Å². The highest BCUT2D eigenvalue weighted by Gasteiger charge is 2.16. The number of nitriles is 1. The van der Waals surface area contributed by atoms with E-state index in [-0.39, 0.29) is 17.4 Å². The molecule has 0 radical (unpaired) electrons. The second-order valence-corrected chi connectivity index (χ2v) is 4.87. The van der Waals surface area contributed by atoms with Crippen molar-refractivity contribution in [1.29, 1.82) is 5.26 Å². The molecule has 0 aliphatic rings. The molecule has 2 nitrogen and oxygen atoms in total. The number of halogens is 2. The SMILES string of the molecule is CCC(Nc1cc(C#N)cc(F)c1C)c1ccccc1F. The van der Waals surface area contributed by atoms with Gasteiger partial charge in [-0.25, -0.2) is 8.78 Å². The molecule has 21 heavy (non-hydrogen) atoms. The highest BCUT2D eigenvalue weighted by molar-refractivity contribution is 5.57. The molecule has 0 saturated heterocycles. The molecule has 0 saturated carbocycles. The van der Waals surface area contributed by atoms with Gasteiger partial charge in [0.15, 0.2) is 0 Å². The maximum Gasteiger partial charge on any atom is 0.129 e. The van der Waals surface area contributed by atoms with Crippen molar-refractivity contribution in [2.75, 3.05) is 5.32 Å². The second-order valence-electron chi connectivity index (χ2n) is 4.87. The van der Waals surface area contributed by atoms with Gasteiger partial charge < -0.3 is 5.32 Å². The van der Waals surface area contributed by atoms with Crippen molar-refractivity contribution >= 4 is 5.69 Å². The summed E-state index contributed by atoms with van der Waals surface area (Å²) in [5, 5.41) is 12.1.